The van der Waals surface area contributed by atoms with Crippen LogP contribution >= 0.6 is 0 Å². The molecule has 1 aromatic rings. The monoisotopic (exact) mass is 250 g/mol. The molecule has 0 radical (unpaired) electrons. The summed E-state index contributed by atoms with van der Waals surface area (Å²) in [4.78, 5) is 12.7. The van der Waals surface area contributed by atoms with Crippen molar-refractivity contribution in [3.63, 3.8) is 0 Å². The maximum Gasteiger partial charge on any atom is 0.274 e. The molecule has 0 unspecified atom stereocenters. The lowest BCUT2D eigenvalue weighted by atomic mass is 9.90. The van der Waals surface area contributed by atoms with Crippen molar-refractivity contribution in [3.8, 4) is 0 Å². The summed E-state index contributed by atoms with van der Waals surface area (Å²) in [6.07, 6.45) is 3.39. The number of benzene rings is 1. The number of nitro groups is 1. The second-order valence-corrected chi connectivity index (χ2v) is 4.68. The van der Waals surface area contributed by atoms with Crippen LogP contribution in [0.1, 0.15) is 24.8 Å². The van der Waals surface area contributed by atoms with Gasteiger partial charge in [0.2, 0.25) is 0 Å². The minimum atomic E-state index is -0.350. The van der Waals surface area contributed by atoms with Crippen LogP contribution in [0.2, 0.25) is 0 Å². The number of rotatable bonds is 5. The van der Waals surface area contributed by atoms with E-state index in [4.69, 9.17) is 5.11 Å². The molecule has 5 nitrogen and oxygen atoms in total. The van der Waals surface area contributed by atoms with Crippen molar-refractivity contribution < 1.29 is 10.0 Å². The van der Waals surface area contributed by atoms with Gasteiger partial charge in [0.15, 0.2) is 0 Å². The Morgan fingerprint density at radius 3 is 2.72 bits per heavy atom. The van der Waals surface area contributed by atoms with Crippen molar-refractivity contribution in [3.05, 3.63) is 33.9 Å². The SMILES string of the molecule is Cc1c(N(CCO)C2CCC2)cccc1[N+](=O)[O-]. The Morgan fingerprint density at radius 2 is 2.22 bits per heavy atom. The molecule has 98 valence electrons. The predicted octanol–water partition coefficient (Wildman–Crippen LogP) is 2.25. The van der Waals surface area contributed by atoms with Crippen LogP contribution in [0.25, 0.3) is 0 Å². The van der Waals surface area contributed by atoms with E-state index in [9.17, 15) is 10.1 Å². The zero-order chi connectivity index (χ0) is 13.1. The van der Waals surface area contributed by atoms with Gasteiger partial charge in [-0.15, -0.1) is 0 Å². The van der Waals surface area contributed by atoms with Crippen molar-refractivity contribution in [2.45, 2.75) is 32.2 Å². The van der Waals surface area contributed by atoms with Gasteiger partial charge in [0.1, 0.15) is 0 Å². The average molecular weight is 250 g/mol. The molecule has 0 aliphatic heterocycles. The van der Waals surface area contributed by atoms with Crippen LogP contribution < -0.4 is 4.90 Å². The molecular formula is C13H18N2O3. The standard InChI is InChI=1S/C13H18N2O3/c1-10-12(6-3-7-13(10)15(17)18)14(8-9-16)11-4-2-5-11/h3,6-7,11,16H,2,4-5,8-9H2,1H3. The molecule has 1 aromatic carbocycles. The van der Waals surface area contributed by atoms with Gasteiger partial charge in [-0.05, 0) is 32.3 Å². The minimum Gasteiger partial charge on any atom is -0.395 e. The molecule has 18 heavy (non-hydrogen) atoms. The summed E-state index contributed by atoms with van der Waals surface area (Å²) in [5, 5.41) is 20.1. The molecular weight excluding hydrogens is 232 g/mol. The molecule has 0 saturated heterocycles. The zero-order valence-electron chi connectivity index (χ0n) is 10.5. The van der Waals surface area contributed by atoms with Crippen molar-refractivity contribution in [1.29, 1.82) is 0 Å². The number of hydrogen-bond donors (Lipinski definition) is 1. The van der Waals surface area contributed by atoms with Crippen LogP contribution in [0.3, 0.4) is 0 Å². The molecule has 1 N–H and O–H groups in total. The summed E-state index contributed by atoms with van der Waals surface area (Å²) >= 11 is 0. The molecule has 0 heterocycles. The van der Waals surface area contributed by atoms with Gasteiger partial charge in [-0.2, -0.15) is 0 Å². The first-order valence-electron chi connectivity index (χ1n) is 6.26. The number of aliphatic hydroxyl groups excluding tert-OH is 1. The molecule has 1 aliphatic carbocycles. The van der Waals surface area contributed by atoms with E-state index < -0.39 is 0 Å². The molecule has 0 amide bonds. The van der Waals surface area contributed by atoms with E-state index in [1.165, 1.54) is 12.5 Å². The molecule has 0 atom stereocenters. The highest BCUT2D eigenvalue weighted by Gasteiger charge is 2.27. The second-order valence-electron chi connectivity index (χ2n) is 4.68. The number of nitro benzene ring substituents is 1. The van der Waals surface area contributed by atoms with Crippen LogP contribution in [0, 0.1) is 17.0 Å². The lowest BCUT2D eigenvalue weighted by Gasteiger charge is -2.39. The minimum absolute atomic E-state index is 0.0681. The highest BCUT2D eigenvalue weighted by Crippen LogP contribution is 2.34. The summed E-state index contributed by atoms with van der Waals surface area (Å²) < 4.78 is 0. The van der Waals surface area contributed by atoms with Crippen LogP contribution in [-0.4, -0.2) is 29.2 Å². The molecule has 0 aromatic heterocycles. The highest BCUT2D eigenvalue weighted by atomic mass is 16.6. The van der Waals surface area contributed by atoms with E-state index >= 15 is 0 Å². The summed E-state index contributed by atoms with van der Waals surface area (Å²) in [5.41, 5.74) is 1.71. The zero-order valence-corrected chi connectivity index (χ0v) is 10.5. The summed E-state index contributed by atoms with van der Waals surface area (Å²) in [6.45, 7) is 2.38. The Hall–Kier alpha value is -1.62. The first-order chi connectivity index (χ1) is 8.65. The molecule has 0 bridgehead atoms. The van der Waals surface area contributed by atoms with Gasteiger partial charge in [-0.3, -0.25) is 10.1 Å². The van der Waals surface area contributed by atoms with Crippen molar-refractivity contribution in [2.24, 2.45) is 0 Å². The van der Waals surface area contributed by atoms with Crippen molar-refractivity contribution >= 4 is 11.4 Å². The molecule has 1 fully saturated rings. The molecule has 5 heteroatoms. The fraction of sp³-hybridized carbons (Fsp3) is 0.538. The largest absolute Gasteiger partial charge is 0.395 e. The summed E-state index contributed by atoms with van der Waals surface area (Å²) in [7, 11) is 0. The van der Waals surface area contributed by atoms with Crippen molar-refractivity contribution in [1.82, 2.24) is 0 Å². The maximum absolute atomic E-state index is 10.9. The average Bonchev–Trinajstić information content (AvgIpc) is 2.26. The smallest absolute Gasteiger partial charge is 0.274 e. The quantitative estimate of drug-likeness (QED) is 0.643. The normalized spacial score (nSPS) is 15.2. The van der Waals surface area contributed by atoms with E-state index in [2.05, 4.69) is 4.90 Å². The third-order valence-electron chi connectivity index (χ3n) is 3.64. The fourth-order valence-electron chi connectivity index (χ4n) is 2.43. The Balaban J connectivity index is 2.34. The Labute approximate surface area is 106 Å². The van der Waals surface area contributed by atoms with Crippen LogP contribution in [0.4, 0.5) is 11.4 Å². The first-order valence-corrected chi connectivity index (χ1v) is 6.26. The van der Waals surface area contributed by atoms with Gasteiger partial charge in [0.25, 0.3) is 5.69 Å². The van der Waals surface area contributed by atoms with E-state index in [1.54, 1.807) is 13.0 Å². The number of hydrogen-bond acceptors (Lipinski definition) is 4. The van der Waals surface area contributed by atoms with Gasteiger partial charge in [0.05, 0.1) is 17.1 Å². The van der Waals surface area contributed by atoms with E-state index in [0.29, 0.717) is 18.2 Å². The van der Waals surface area contributed by atoms with E-state index in [0.717, 1.165) is 18.5 Å². The van der Waals surface area contributed by atoms with E-state index in [1.807, 2.05) is 6.07 Å². The Kier molecular flexibility index (Phi) is 3.81. The van der Waals surface area contributed by atoms with Gasteiger partial charge in [-0.1, -0.05) is 6.07 Å². The van der Waals surface area contributed by atoms with Gasteiger partial charge < -0.3 is 10.0 Å². The lowest BCUT2D eigenvalue weighted by Crippen LogP contribution is -2.42. The van der Waals surface area contributed by atoms with Gasteiger partial charge in [-0.25, -0.2) is 0 Å². The third kappa shape index (κ3) is 2.31. The van der Waals surface area contributed by atoms with E-state index in [-0.39, 0.29) is 17.2 Å². The fourth-order valence-corrected chi connectivity index (χ4v) is 2.43. The molecule has 0 spiro atoms. The summed E-state index contributed by atoms with van der Waals surface area (Å²) in [5.74, 6) is 0. The molecule has 1 saturated carbocycles. The first kappa shape index (κ1) is 12.8. The van der Waals surface area contributed by atoms with Crippen molar-refractivity contribution in [2.75, 3.05) is 18.1 Å². The molecule has 2 rings (SSSR count). The Morgan fingerprint density at radius 1 is 1.50 bits per heavy atom. The topological polar surface area (TPSA) is 66.6 Å². The maximum atomic E-state index is 10.9. The number of anilines is 1. The third-order valence-corrected chi connectivity index (χ3v) is 3.64. The van der Waals surface area contributed by atoms with Gasteiger partial charge >= 0.3 is 0 Å². The number of nitrogens with zero attached hydrogens (tertiary/aromatic N) is 2. The molecule has 1 aliphatic rings. The Bertz CT molecular complexity index is 444. The number of aliphatic hydroxyl groups is 1. The predicted molar refractivity (Wildman–Crippen MR) is 69.9 cm³/mol. The summed E-state index contributed by atoms with van der Waals surface area (Å²) in [6, 6.07) is 5.55. The lowest BCUT2D eigenvalue weighted by molar-refractivity contribution is -0.385. The van der Waals surface area contributed by atoms with Crippen LogP contribution in [0.15, 0.2) is 18.2 Å². The highest BCUT2D eigenvalue weighted by molar-refractivity contribution is 5.62. The van der Waals surface area contributed by atoms with Crippen LogP contribution in [0.5, 0.6) is 0 Å². The van der Waals surface area contributed by atoms with Crippen LogP contribution in [-0.2, 0) is 0 Å². The second kappa shape index (κ2) is 5.35. The van der Waals surface area contributed by atoms with Gasteiger partial charge in [0, 0.05) is 24.3 Å².